The summed E-state index contributed by atoms with van der Waals surface area (Å²) in [5.41, 5.74) is 1.33. The van der Waals surface area contributed by atoms with Crippen LogP contribution in [-0.2, 0) is 16.0 Å². The number of nitrogens with one attached hydrogen (secondary N) is 2. The number of rotatable bonds is 7. The van der Waals surface area contributed by atoms with Crippen molar-refractivity contribution in [3.63, 3.8) is 0 Å². The summed E-state index contributed by atoms with van der Waals surface area (Å²) in [6.45, 7) is 2.36. The van der Waals surface area contributed by atoms with Crippen molar-refractivity contribution in [1.29, 1.82) is 0 Å². The predicted octanol–water partition coefficient (Wildman–Crippen LogP) is 2.01. The summed E-state index contributed by atoms with van der Waals surface area (Å²) in [4.78, 5) is 22.6. The van der Waals surface area contributed by atoms with Gasteiger partial charge in [-0.2, -0.15) is 0 Å². The van der Waals surface area contributed by atoms with Gasteiger partial charge in [0.15, 0.2) is 0 Å². The van der Waals surface area contributed by atoms with Gasteiger partial charge >= 0.3 is 6.09 Å². The molecule has 0 bridgehead atoms. The van der Waals surface area contributed by atoms with Gasteiger partial charge in [-0.15, -0.1) is 0 Å². The van der Waals surface area contributed by atoms with E-state index in [-0.39, 0.29) is 12.0 Å². The first-order chi connectivity index (χ1) is 10.1. The molecule has 0 aromatic heterocycles. The van der Waals surface area contributed by atoms with Crippen LogP contribution in [0, 0.1) is 0 Å². The fourth-order valence-electron chi connectivity index (χ4n) is 2.23. The molecule has 1 aromatic carbocycles. The van der Waals surface area contributed by atoms with Gasteiger partial charge in [0, 0.05) is 6.54 Å². The van der Waals surface area contributed by atoms with Crippen LogP contribution in [0.15, 0.2) is 30.3 Å². The highest BCUT2D eigenvalue weighted by atomic mass is 16.6. The Morgan fingerprint density at radius 2 is 2.14 bits per heavy atom. The maximum Gasteiger partial charge on any atom is 0.408 e. The Hall–Kier alpha value is -2.04. The maximum absolute atomic E-state index is 11.5. The number of carbonyl (C=O) groups is 2. The average Bonchev–Trinajstić information content (AvgIpc) is 2.49. The van der Waals surface area contributed by atoms with E-state index in [1.54, 1.807) is 0 Å². The Balaban J connectivity index is 1.55. The average molecular weight is 290 g/mol. The number of aryl methyl sites for hydroxylation is 1. The molecule has 1 aliphatic rings. The molecule has 1 aliphatic heterocycles. The third-order valence-electron chi connectivity index (χ3n) is 3.57. The quantitative estimate of drug-likeness (QED) is 0.596. The molecule has 1 heterocycles. The summed E-state index contributed by atoms with van der Waals surface area (Å²) >= 11 is 0. The molecule has 1 saturated heterocycles. The van der Waals surface area contributed by atoms with Gasteiger partial charge in [-0.25, -0.2) is 4.79 Å². The number of alkyl carbamates (subject to hydrolysis) is 1. The molecule has 0 spiro atoms. The zero-order valence-corrected chi connectivity index (χ0v) is 12.3. The lowest BCUT2D eigenvalue weighted by Crippen LogP contribution is -2.61. The van der Waals surface area contributed by atoms with E-state index in [2.05, 4.69) is 22.8 Å². The van der Waals surface area contributed by atoms with Crippen LogP contribution in [0.5, 0.6) is 0 Å². The second-order valence-electron chi connectivity index (χ2n) is 5.39. The lowest BCUT2D eigenvalue weighted by Gasteiger charge is -2.26. The Morgan fingerprint density at radius 1 is 1.38 bits per heavy atom. The SMILES string of the molecule is CC(CCCCc1ccccc1)OC(=O)N[C@H]1CNC1=O. The summed E-state index contributed by atoms with van der Waals surface area (Å²) in [6.07, 6.45) is 3.31. The Bertz CT molecular complexity index is 476. The van der Waals surface area contributed by atoms with E-state index >= 15 is 0 Å². The molecular formula is C16H22N2O3. The molecule has 0 aliphatic carbocycles. The third-order valence-corrected chi connectivity index (χ3v) is 3.57. The van der Waals surface area contributed by atoms with Crippen LogP contribution >= 0.6 is 0 Å². The summed E-state index contributed by atoms with van der Waals surface area (Å²) in [5, 5.41) is 5.11. The number of β-lactam (4-membered cyclic amide) rings is 1. The minimum absolute atomic E-state index is 0.135. The summed E-state index contributed by atoms with van der Waals surface area (Å²) in [7, 11) is 0. The molecule has 2 N–H and O–H groups in total. The second kappa shape index (κ2) is 7.67. The number of carbonyl (C=O) groups excluding carboxylic acids is 2. The number of amides is 2. The van der Waals surface area contributed by atoms with Crippen LogP contribution in [-0.4, -0.2) is 30.7 Å². The first kappa shape index (κ1) is 15.4. The molecule has 5 heteroatoms. The third kappa shape index (κ3) is 5.10. The van der Waals surface area contributed by atoms with E-state index in [0.717, 1.165) is 25.7 Å². The Morgan fingerprint density at radius 3 is 2.76 bits per heavy atom. The fraction of sp³-hybridized carbons (Fsp3) is 0.500. The zero-order valence-electron chi connectivity index (χ0n) is 12.3. The molecule has 1 aromatic rings. The molecule has 5 nitrogen and oxygen atoms in total. The van der Waals surface area contributed by atoms with Crippen molar-refractivity contribution in [2.75, 3.05) is 6.54 Å². The molecule has 0 saturated carbocycles. The van der Waals surface area contributed by atoms with Crippen molar-refractivity contribution in [2.45, 2.75) is 44.8 Å². The molecule has 2 amide bonds. The highest BCUT2D eigenvalue weighted by Crippen LogP contribution is 2.09. The van der Waals surface area contributed by atoms with Crippen LogP contribution < -0.4 is 10.6 Å². The van der Waals surface area contributed by atoms with Gasteiger partial charge < -0.3 is 15.4 Å². The lowest BCUT2D eigenvalue weighted by atomic mass is 10.1. The number of hydrogen-bond acceptors (Lipinski definition) is 3. The van der Waals surface area contributed by atoms with Crippen LogP contribution in [0.3, 0.4) is 0 Å². The lowest BCUT2D eigenvalue weighted by molar-refractivity contribution is -0.128. The molecule has 0 radical (unpaired) electrons. The van der Waals surface area contributed by atoms with Crippen molar-refractivity contribution < 1.29 is 14.3 Å². The number of hydrogen-bond donors (Lipinski definition) is 2. The predicted molar refractivity (Wildman–Crippen MR) is 79.9 cm³/mol. The van der Waals surface area contributed by atoms with Gasteiger partial charge in [0.2, 0.25) is 5.91 Å². The number of benzene rings is 1. The van der Waals surface area contributed by atoms with Crippen LogP contribution in [0.4, 0.5) is 4.79 Å². The molecule has 1 fully saturated rings. The first-order valence-corrected chi connectivity index (χ1v) is 7.44. The van der Waals surface area contributed by atoms with Crippen LogP contribution in [0.25, 0.3) is 0 Å². The molecule has 2 atom stereocenters. The zero-order chi connectivity index (χ0) is 15.1. The van der Waals surface area contributed by atoms with Crippen LogP contribution in [0.1, 0.15) is 31.7 Å². The normalized spacial score (nSPS) is 18.3. The minimum Gasteiger partial charge on any atom is -0.447 e. The van der Waals surface area contributed by atoms with Crippen molar-refractivity contribution in [3.05, 3.63) is 35.9 Å². The fourth-order valence-corrected chi connectivity index (χ4v) is 2.23. The molecule has 21 heavy (non-hydrogen) atoms. The van der Waals surface area contributed by atoms with Crippen molar-refractivity contribution in [2.24, 2.45) is 0 Å². The second-order valence-corrected chi connectivity index (χ2v) is 5.39. The van der Waals surface area contributed by atoms with Gasteiger partial charge in [0.1, 0.15) is 12.1 Å². The highest BCUT2D eigenvalue weighted by molar-refractivity contribution is 5.90. The summed E-state index contributed by atoms with van der Waals surface area (Å²) < 4.78 is 5.23. The van der Waals surface area contributed by atoms with Crippen LogP contribution in [0.2, 0.25) is 0 Å². The summed E-state index contributed by atoms with van der Waals surface area (Å²) in [5.74, 6) is -0.150. The highest BCUT2D eigenvalue weighted by Gasteiger charge is 2.29. The van der Waals surface area contributed by atoms with E-state index in [9.17, 15) is 9.59 Å². The largest absolute Gasteiger partial charge is 0.447 e. The van der Waals surface area contributed by atoms with E-state index in [4.69, 9.17) is 4.74 Å². The van der Waals surface area contributed by atoms with E-state index < -0.39 is 12.1 Å². The smallest absolute Gasteiger partial charge is 0.408 e. The molecule has 2 rings (SSSR count). The maximum atomic E-state index is 11.5. The van der Waals surface area contributed by atoms with Gasteiger partial charge in [-0.1, -0.05) is 30.3 Å². The standard InChI is InChI=1S/C16H22N2O3/c1-12(21-16(20)18-14-11-17-15(14)19)7-5-6-10-13-8-3-2-4-9-13/h2-4,8-9,12,14H,5-7,10-11H2,1H3,(H,17,19)(H,18,20)/t12?,14-/m0/s1. The van der Waals surface area contributed by atoms with Gasteiger partial charge in [-0.3, -0.25) is 4.79 Å². The molecule has 1 unspecified atom stereocenters. The summed E-state index contributed by atoms with van der Waals surface area (Å²) in [6, 6.07) is 9.92. The Labute approximate surface area is 125 Å². The Kier molecular flexibility index (Phi) is 5.60. The van der Waals surface area contributed by atoms with Gasteiger partial charge in [-0.05, 0) is 38.2 Å². The van der Waals surface area contributed by atoms with Gasteiger partial charge in [0.05, 0.1) is 0 Å². The van der Waals surface area contributed by atoms with Crippen molar-refractivity contribution in [1.82, 2.24) is 10.6 Å². The van der Waals surface area contributed by atoms with E-state index in [1.165, 1.54) is 5.56 Å². The van der Waals surface area contributed by atoms with E-state index in [1.807, 2.05) is 25.1 Å². The van der Waals surface area contributed by atoms with Gasteiger partial charge in [0.25, 0.3) is 0 Å². The topological polar surface area (TPSA) is 67.4 Å². The van der Waals surface area contributed by atoms with Crippen molar-refractivity contribution >= 4 is 12.0 Å². The first-order valence-electron chi connectivity index (χ1n) is 7.44. The van der Waals surface area contributed by atoms with E-state index in [0.29, 0.717) is 6.54 Å². The number of ether oxygens (including phenoxy) is 1. The van der Waals surface area contributed by atoms with Crippen molar-refractivity contribution in [3.8, 4) is 0 Å². The monoisotopic (exact) mass is 290 g/mol. The number of unbranched alkanes of at least 4 members (excludes halogenated alkanes) is 1. The minimum atomic E-state index is -0.509. The molecular weight excluding hydrogens is 268 g/mol. The molecule has 114 valence electrons.